The molecular formula is C20H28N6O3S. The van der Waals surface area contributed by atoms with Gasteiger partial charge >= 0.3 is 12.0 Å². The van der Waals surface area contributed by atoms with Gasteiger partial charge in [0.05, 0.1) is 12.2 Å². The number of carbonyl (C=O) groups is 2. The van der Waals surface area contributed by atoms with Gasteiger partial charge in [-0.05, 0) is 31.9 Å². The SMILES string of the molecule is CCCCc1nnc(NC(=O)N2CCCN(c3ccc(C(=O)OCC)cn3)CC2)s1. The van der Waals surface area contributed by atoms with Crippen LogP contribution in [0.2, 0.25) is 0 Å². The number of hydrogen-bond donors (Lipinski definition) is 1. The molecule has 0 bridgehead atoms. The van der Waals surface area contributed by atoms with Gasteiger partial charge < -0.3 is 14.5 Å². The van der Waals surface area contributed by atoms with Crippen LogP contribution in [0.1, 0.15) is 48.5 Å². The smallest absolute Gasteiger partial charge is 0.339 e. The van der Waals surface area contributed by atoms with Gasteiger partial charge in [-0.25, -0.2) is 14.6 Å². The lowest BCUT2D eigenvalue weighted by molar-refractivity contribution is 0.0526. The molecule has 0 radical (unpaired) electrons. The van der Waals surface area contributed by atoms with Gasteiger partial charge in [0, 0.05) is 38.8 Å². The fourth-order valence-electron chi connectivity index (χ4n) is 3.16. The number of rotatable bonds is 7. The van der Waals surface area contributed by atoms with E-state index in [1.54, 1.807) is 17.9 Å². The number of carbonyl (C=O) groups excluding carboxylic acids is 2. The molecule has 1 fully saturated rings. The Kier molecular flexibility index (Phi) is 7.95. The molecule has 0 atom stereocenters. The Morgan fingerprint density at radius 2 is 2.03 bits per heavy atom. The first-order valence-corrected chi connectivity index (χ1v) is 11.2. The molecule has 1 aliphatic rings. The first-order chi connectivity index (χ1) is 14.6. The molecule has 9 nitrogen and oxygen atoms in total. The fraction of sp³-hybridized carbons (Fsp3) is 0.550. The fourth-order valence-corrected chi connectivity index (χ4v) is 3.93. The van der Waals surface area contributed by atoms with Crippen LogP contribution in [0, 0.1) is 0 Å². The van der Waals surface area contributed by atoms with Gasteiger partial charge in [-0.15, -0.1) is 10.2 Å². The highest BCUT2D eigenvalue weighted by Crippen LogP contribution is 2.19. The number of nitrogens with zero attached hydrogens (tertiary/aromatic N) is 5. The molecule has 2 amide bonds. The molecule has 162 valence electrons. The zero-order valence-electron chi connectivity index (χ0n) is 17.5. The number of nitrogens with one attached hydrogen (secondary N) is 1. The van der Waals surface area contributed by atoms with Crippen molar-refractivity contribution in [2.75, 3.05) is 43.0 Å². The van der Waals surface area contributed by atoms with E-state index in [0.717, 1.165) is 43.1 Å². The molecule has 2 aromatic rings. The number of aromatic nitrogens is 3. The minimum atomic E-state index is -0.371. The largest absolute Gasteiger partial charge is 0.462 e. The lowest BCUT2D eigenvalue weighted by atomic mass is 10.2. The van der Waals surface area contributed by atoms with Crippen LogP contribution >= 0.6 is 11.3 Å². The predicted molar refractivity (Wildman–Crippen MR) is 116 cm³/mol. The number of esters is 1. The molecule has 1 aliphatic heterocycles. The Morgan fingerprint density at radius 3 is 2.77 bits per heavy atom. The molecule has 1 N–H and O–H groups in total. The minimum absolute atomic E-state index is 0.152. The van der Waals surface area contributed by atoms with Crippen molar-refractivity contribution in [3.63, 3.8) is 0 Å². The molecule has 1 saturated heterocycles. The highest BCUT2D eigenvalue weighted by molar-refractivity contribution is 7.15. The van der Waals surface area contributed by atoms with Crippen LogP contribution in [0.3, 0.4) is 0 Å². The molecule has 0 saturated carbocycles. The minimum Gasteiger partial charge on any atom is -0.462 e. The van der Waals surface area contributed by atoms with E-state index < -0.39 is 0 Å². The van der Waals surface area contributed by atoms with Gasteiger partial charge in [0.15, 0.2) is 0 Å². The average Bonchev–Trinajstić information content (AvgIpc) is 3.05. The van der Waals surface area contributed by atoms with E-state index in [4.69, 9.17) is 4.74 Å². The van der Waals surface area contributed by atoms with Gasteiger partial charge in [-0.3, -0.25) is 5.32 Å². The second-order valence-electron chi connectivity index (χ2n) is 6.99. The summed E-state index contributed by atoms with van der Waals surface area (Å²) in [5.74, 6) is 0.416. The molecule has 3 heterocycles. The second kappa shape index (κ2) is 10.9. The Balaban J connectivity index is 1.53. The van der Waals surface area contributed by atoms with Crippen molar-refractivity contribution >= 4 is 34.3 Å². The third kappa shape index (κ3) is 5.88. The summed E-state index contributed by atoms with van der Waals surface area (Å²) in [5.41, 5.74) is 0.437. The van der Waals surface area contributed by atoms with Crippen molar-refractivity contribution in [3.05, 3.63) is 28.9 Å². The van der Waals surface area contributed by atoms with E-state index in [0.29, 0.717) is 36.9 Å². The number of ether oxygens (including phenoxy) is 1. The number of hydrogen-bond acceptors (Lipinski definition) is 8. The summed E-state index contributed by atoms with van der Waals surface area (Å²) in [6.07, 6.45) is 5.43. The lowest BCUT2D eigenvalue weighted by Crippen LogP contribution is -2.38. The maximum atomic E-state index is 12.6. The van der Waals surface area contributed by atoms with E-state index in [1.807, 2.05) is 6.07 Å². The summed E-state index contributed by atoms with van der Waals surface area (Å²) < 4.78 is 4.99. The zero-order chi connectivity index (χ0) is 21.3. The summed E-state index contributed by atoms with van der Waals surface area (Å²) in [5, 5.41) is 12.6. The van der Waals surface area contributed by atoms with Gasteiger partial charge in [0.25, 0.3) is 0 Å². The highest BCUT2D eigenvalue weighted by Gasteiger charge is 2.21. The molecule has 0 aliphatic carbocycles. The van der Waals surface area contributed by atoms with E-state index >= 15 is 0 Å². The van der Waals surface area contributed by atoms with E-state index in [-0.39, 0.29) is 12.0 Å². The monoisotopic (exact) mass is 432 g/mol. The zero-order valence-corrected chi connectivity index (χ0v) is 18.3. The first-order valence-electron chi connectivity index (χ1n) is 10.4. The molecule has 0 aromatic carbocycles. The van der Waals surface area contributed by atoms with Crippen molar-refractivity contribution in [3.8, 4) is 0 Å². The molecule has 30 heavy (non-hydrogen) atoms. The van der Waals surface area contributed by atoms with Crippen LogP contribution in [0.4, 0.5) is 15.7 Å². The van der Waals surface area contributed by atoms with Gasteiger partial charge in [-0.2, -0.15) is 0 Å². The van der Waals surface area contributed by atoms with Crippen LogP contribution in [0.5, 0.6) is 0 Å². The van der Waals surface area contributed by atoms with E-state index in [9.17, 15) is 9.59 Å². The number of amides is 2. The Labute approximate surface area is 180 Å². The molecular weight excluding hydrogens is 404 g/mol. The number of pyridine rings is 1. The third-order valence-electron chi connectivity index (χ3n) is 4.79. The number of urea groups is 1. The highest BCUT2D eigenvalue weighted by atomic mass is 32.1. The summed E-state index contributed by atoms with van der Waals surface area (Å²) in [6, 6.07) is 3.39. The van der Waals surface area contributed by atoms with Crippen molar-refractivity contribution in [1.82, 2.24) is 20.1 Å². The number of unbranched alkanes of at least 4 members (excludes halogenated alkanes) is 1. The second-order valence-corrected chi connectivity index (χ2v) is 8.05. The molecule has 10 heteroatoms. The van der Waals surface area contributed by atoms with Crippen LogP contribution in [0.25, 0.3) is 0 Å². The van der Waals surface area contributed by atoms with Crippen LogP contribution in [0.15, 0.2) is 18.3 Å². The maximum absolute atomic E-state index is 12.6. The Hall–Kier alpha value is -2.75. The average molecular weight is 433 g/mol. The van der Waals surface area contributed by atoms with Gasteiger partial charge in [0.1, 0.15) is 10.8 Å². The maximum Gasteiger partial charge on any atom is 0.339 e. The van der Waals surface area contributed by atoms with E-state index in [2.05, 4.69) is 32.3 Å². The van der Waals surface area contributed by atoms with Crippen LogP contribution < -0.4 is 10.2 Å². The topological polar surface area (TPSA) is 101 Å². The van der Waals surface area contributed by atoms with Crippen LogP contribution in [-0.4, -0.2) is 64.9 Å². The van der Waals surface area contributed by atoms with Crippen molar-refractivity contribution < 1.29 is 14.3 Å². The molecule has 0 spiro atoms. The summed E-state index contributed by atoms with van der Waals surface area (Å²) in [7, 11) is 0. The van der Waals surface area contributed by atoms with Crippen molar-refractivity contribution in [2.24, 2.45) is 0 Å². The Morgan fingerprint density at radius 1 is 1.17 bits per heavy atom. The van der Waals surface area contributed by atoms with E-state index in [1.165, 1.54) is 17.5 Å². The van der Waals surface area contributed by atoms with Crippen molar-refractivity contribution in [1.29, 1.82) is 0 Å². The quantitative estimate of drug-likeness (QED) is 0.671. The lowest BCUT2D eigenvalue weighted by Gasteiger charge is -2.22. The molecule has 0 unspecified atom stereocenters. The van der Waals surface area contributed by atoms with Crippen LogP contribution in [-0.2, 0) is 11.2 Å². The Bertz CT molecular complexity index is 841. The van der Waals surface area contributed by atoms with Crippen molar-refractivity contribution in [2.45, 2.75) is 39.5 Å². The van der Waals surface area contributed by atoms with Gasteiger partial charge in [-0.1, -0.05) is 24.7 Å². The standard InChI is InChI=1S/C20H28N6O3S/c1-3-5-7-17-23-24-19(30-17)22-20(28)26-11-6-10-25(12-13-26)16-9-8-15(14-21-16)18(27)29-4-2/h8-9,14H,3-7,10-13H2,1-2H3,(H,22,24,28). The summed E-state index contributed by atoms with van der Waals surface area (Å²) in [6.45, 7) is 6.93. The molecule has 3 rings (SSSR count). The predicted octanol–water partition coefficient (Wildman–Crippen LogP) is 3.20. The summed E-state index contributed by atoms with van der Waals surface area (Å²) >= 11 is 1.44. The summed E-state index contributed by atoms with van der Waals surface area (Å²) in [4.78, 5) is 32.7. The normalized spacial score (nSPS) is 14.3. The number of anilines is 2. The van der Waals surface area contributed by atoms with Gasteiger partial charge in [0.2, 0.25) is 5.13 Å². The molecule has 2 aromatic heterocycles. The first kappa shape index (κ1) is 21.9. The number of aryl methyl sites for hydroxylation is 1. The third-order valence-corrected chi connectivity index (χ3v) is 5.69.